The molecule has 5 heteroatoms. The van der Waals surface area contributed by atoms with Crippen molar-refractivity contribution in [1.82, 2.24) is 9.80 Å². The Kier molecular flexibility index (Phi) is 3.88. The van der Waals surface area contributed by atoms with Gasteiger partial charge >= 0.3 is 5.97 Å². The zero-order valence-corrected chi connectivity index (χ0v) is 8.33. The second kappa shape index (κ2) is 4.95. The minimum atomic E-state index is -0.825. The minimum absolute atomic E-state index is 0.0283. The van der Waals surface area contributed by atoms with E-state index in [1.165, 1.54) is 0 Å². The van der Waals surface area contributed by atoms with Crippen molar-refractivity contribution in [3.63, 3.8) is 0 Å². The lowest BCUT2D eigenvalue weighted by Crippen LogP contribution is -2.47. The van der Waals surface area contributed by atoms with Gasteiger partial charge in [0.2, 0.25) is 0 Å². The molecular formula is C9H15FN2O2. The number of halogens is 1. The number of hydrogen-bond donors (Lipinski definition) is 0. The minimum Gasteiger partial charge on any atom is -0.373 e. The Hall–Kier alpha value is -1.10. The van der Waals surface area contributed by atoms with Gasteiger partial charge in [0.1, 0.15) is 6.54 Å². The highest BCUT2D eigenvalue weighted by molar-refractivity contribution is 5.70. The quantitative estimate of drug-likeness (QED) is 0.669. The average molecular weight is 202 g/mol. The van der Waals surface area contributed by atoms with E-state index >= 15 is 0 Å². The first-order valence-corrected chi connectivity index (χ1v) is 4.57. The van der Waals surface area contributed by atoms with Gasteiger partial charge in [-0.1, -0.05) is 6.58 Å². The Labute approximate surface area is 82.8 Å². The molecular weight excluding hydrogens is 187 g/mol. The van der Waals surface area contributed by atoms with Gasteiger partial charge in [0.25, 0.3) is 0 Å². The van der Waals surface area contributed by atoms with E-state index in [4.69, 9.17) is 0 Å². The molecule has 4 nitrogen and oxygen atoms in total. The maximum absolute atomic E-state index is 11.4. The van der Waals surface area contributed by atoms with Gasteiger partial charge in [0.05, 0.1) is 0 Å². The van der Waals surface area contributed by atoms with Crippen molar-refractivity contribution in [3.05, 3.63) is 12.3 Å². The summed E-state index contributed by atoms with van der Waals surface area (Å²) >= 11 is 0. The van der Waals surface area contributed by atoms with Crippen molar-refractivity contribution < 1.29 is 14.3 Å². The Morgan fingerprint density at radius 3 is 2.43 bits per heavy atom. The van der Waals surface area contributed by atoms with E-state index in [9.17, 15) is 9.32 Å². The first-order chi connectivity index (χ1) is 6.63. The van der Waals surface area contributed by atoms with Gasteiger partial charge in [-0.3, -0.25) is 9.84 Å². The number of carbonyl (C=O) groups excluding carboxylic acids is 1. The Morgan fingerprint density at radius 2 is 2.00 bits per heavy atom. The predicted octanol–water partition coefficient (Wildman–Crippen LogP) is 0.565. The third kappa shape index (κ3) is 2.99. The molecule has 1 aliphatic rings. The van der Waals surface area contributed by atoms with E-state index in [-0.39, 0.29) is 6.54 Å². The third-order valence-electron chi connectivity index (χ3n) is 2.35. The molecule has 0 aliphatic carbocycles. The number of hydrogen-bond acceptors (Lipinski definition) is 4. The van der Waals surface area contributed by atoms with Crippen molar-refractivity contribution in [2.45, 2.75) is 6.92 Å². The molecule has 80 valence electrons. The van der Waals surface area contributed by atoms with Crippen LogP contribution in [0.25, 0.3) is 0 Å². The monoisotopic (exact) mass is 202 g/mol. The van der Waals surface area contributed by atoms with E-state index in [0.29, 0.717) is 0 Å². The fourth-order valence-electron chi connectivity index (χ4n) is 1.49. The zero-order chi connectivity index (χ0) is 10.6. The van der Waals surface area contributed by atoms with Gasteiger partial charge in [-0.05, 0) is 6.92 Å². The summed E-state index contributed by atoms with van der Waals surface area (Å²) in [5.41, 5.74) is 1.03. The third-order valence-corrected chi connectivity index (χ3v) is 2.35. The molecule has 1 rings (SSSR count). The van der Waals surface area contributed by atoms with Crippen molar-refractivity contribution >= 4 is 5.97 Å². The largest absolute Gasteiger partial charge is 0.373 e. The van der Waals surface area contributed by atoms with Gasteiger partial charge in [0, 0.05) is 36.4 Å². The summed E-state index contributed by atoms with van der Waals surface area (Å²) in [5.74, 6) is -0.825. The van der Waals surface area contributed by atoms with Gasteiger partial charge < -0.3 is 4.90 Å². The van der Waals surface area contributed by atoms with Crippen LogP contribution in [-0.2, 0) is 9.74 Å². The second-order valence-electron chi connectivity index (χ2n) is 3.45. The first-order valence-electron chi connectivity index (χ1n) is 4.57. The zero-order valence-electron chi connectivity index (χ0n) is 8.33. The molecule has 0 bridgehead atoms. The molecule has 1 fully saturated rings. The van der Waals surface area contributed by atoms with Gasteiger partial charge in [-0.25, -0.2) is 4.79 Å². The Bertz CT molecular complexity index is 225. The summed E-state index contributed by atoms with van der Waals surface area (Å²) in [5, 5.41) is 0. The van der Waals surface area contributed by atoms with Crippen LogP contribution in [0.5, 0.6) is 0 Å². The topological polar surface area (TPSA) is 32.8 Å². The number of nitrogens with zero attached hydrogens (tertiary/aromatic N) is 2. The van der Waals surface area contributed by atoms with Crippen molar-refractivity contribution in [1.29, 1.82) is 0 Å². The summed E-state index contributed by atoms with van der Waals surface area (Å²) < 4.78 is 11.4. The molecule has 0 N–H and O–H groups in total. The molecule has 14 heavy (non-hydrogen) atoms. The summed E-state index contributed by atoms with van der Waals surface area (Å²) in [7, 11) is 0. The molecule has 0 aromatic heterocycles. The van der Waals surface area contributed by atoms with Crippen LogP contribution >= 0.6 is 0 Å². The van der Waals surface area contributed by atoms with E-state index < -0.39 is 5.97 Å². The van der Waals surface area contributed by atoms with E-state index in [1.807, 2.05) is 11.8 Å². The predicted molar refractivity (Wildman–Crippen MR) is 50.0 cm³/mol. The smallest absolute Gasteiger partial charge is 0.362 e. The molecule has 0 atom stereocenters. The number of allylic oxidation sites excluding steroid dienone is 1. The highest BCUT2D eigenvalue weighted by atomic mass is 19.3. The molecule has 0 radical (unpaired) electrons. The van der Waals surface area contributed by atoms with E-state index in [2.05, 4.69) is 16.4 Å². The molecule has 0 aromatic carbocycles. The van der Waals surface area contributed by atoms with Crippen LogP contribution in [0.1, 0.15) is 6.92 Å². The van der Waals surface area contributed by atoms with Crippen molar-refractivity contribution in [3.8, 4) is 0 Å². The highest BCUT2D eigenvalue weighted by Gasteiger charge is 2.19. The molecule has 1 heterocycles. The van der Waals surface area contributed by atoms with Crippen LogP contribution in [0.2, 0.25) is 0 Å². The maximum atomic E-state index is 11.4. The summed E-state index contributed by atoms with van der Waals surface area (Å²) in [6.07, 6.45) is 0. The fourth-order valence-corrected chi connectivity index (χ4v) is 1.49. The molecule has 0 saturated carbocycles. The van der Waals surface area contributed by atoms with Crippen LogP contribution in [-0.4, -0.2) is 48.5 Å². The SMILES string of the molecule is C=C(C)N1CCN(CC(=O)OF)CC1. The van der Waals surface area contributed by atoms with Crippen LogP contribution < -0.4 is 0 Å². The lowest BCUT2D eigenvalue weighted by Gasteiger charge is -2.35. The molecule has 0 spiro atoms. The van der Waals surface area contributed by atoms with E-state index in [0.717, 1.165) is 31.9 Å². The lowest BCUT2D eigenvalue weighted by atomic mass is 10.3. The molecule has 1 saturated heterocycles. The average Bonchev–Trinajstić information content (AvgIpc) is 2.18. The summed E-state index contributed by atoms with van der Waals surface area (Å²) in [4.78, 5) is 17.7. The highest BCUT2D eigenvalue weighted by Crippen LogP contribution is 2.06. The molecule has 0 amide bonds. The normalized spacial score (nSPS) is 18.0. The first kappa shape index (κ1) is 11.0. The molecule has 0 unspecified atom stereocenters. The van der Waals surface area contributed by atoms with Crippen molar-refractivity contribution in [2.75, 3.05) is 32.7 Å². The Balaban J connectivity index is 2.29. The summed E-state index contributed by atoms with van der Waals surface area (Å²) in [6, 6.07) is 0. The van der Waals surface area contributed by atoms with Crippen molar-refractivity contribution in [2.24, 2.45) is 0 Å². The number of rotatable bonds is 3. The van der Waals surface area contributed by atoms with Crippen LogP contribution in [0.15, 0.2) is 12.3 Å². The maximum Gasteiger partial charge on any atom is 0.362 e. The second-order valence-corrected chi connectivity index (χ2v) is 3.45. The van der Waals surface area contributed by atoms with E-state index in [1.54, 1.807) is 0 Å². The van der Waals surface area contributed by atoms with Gasteiger partial charge in [-0.15, -0.1) is 0 Å². The molecule has 1 aliphatic heterocycles. The van der Waals surface area contributed by atoms with Crippen LogP contribution in [0.4, 0.5) is 4.53 Å². The fraction of sp³-hybridized carbons (Fsp3) is 0.667. The lowest BCUT2D eigenvalue weighted by molar-refractivity contribution is -0.185. The van der Waals surface area contributed by atoms with Crippen LogP contribution in [0.3, 0.4) is 0 Å². The van der Waals surface area contributed by atoms with Gasteiger partial charge in [-0.2, -0.15) is 0 Å². The Morgan fingerprint density at radius 1 is 1.43 bits per heavy atom. The standard InChI is InChI=1S/C9H15FN2O2/c1-8(2)12-5-3-11(4-6-12)7-9(13)14-10/h1,3-7H2,2H3. The van der Waals surface area contributed by atoms with Crippen LogP contribution in [0, 0.1) is 0 Å². The van der Waals surface area contributed by atoms with Gasteiger partial charge in [0.15, 0.2) is 0 Å². The molecule has 0 aromatic rings. The number of piperazine rings is 1. The number of carbonyl (C=O) groups is 1. The summed E-state index contributed by atoms with van der Waals surface area (Å²) in [6.45, 7) is 8.95.